The number of anilines is 1. The van der Waals surface area contributed by atoms with E-state index in [0.29, 0.717) is 17.6 Å². The first-order valence-electron chi connectivity index (χ1n) is 6.00. The summed E-state index contributed by atoms with van der Waals surface area (Å²) < 4.78 is 25.3. The van der Waals surface area contributed by atoms with Crippen molar-refractivity contribution in [3.8, 4) is 0 Å². The Hall–Kier alpha value is -0.780. The van der Waals surface area contributed by atoms with E-state index in [1.807, 2.05) is 7.05 Å². The second-order valence-electron chi connectivity index (χ2n) is 4.53. The predicted molar refractivity (Wildman–Crippen MR) is 79.1 cm³/mol. The lowest BCUT2D eigenvalue weighted by Gasteiger charge is -2.32. The fourth-order valence-electron chi connectivity index (χ4n) is 1.85. The van der Waals surface area contributed by atoms with Gasteiger partial charge in [0.05, 0.1) is 0 Å². The number of nitrogens with zero attached hydrogens (tertiary/aromatic N) is 3. The number of hydrogen-bond acceptors (Lipinski definition) is 7. The van der Waals surface area contributed by atoms with Crippen LogP contribution in [0.3, 0.4) is 0 Å². The van der Waals surface area contributed by atoms with Gasteiger partial charge in [0.25, 0.3) is 10.0 Å². The number of likely N-dealkylation sites (N-methyl/N-ethyl adjacent to an activating group) is 1. The van der Waals surface area contributed by atoms with E-state index in [0.717, 1.165) is 13.1 Å². The molecule has 0 amide bonds. The number of nitrogens with one attached hydrogen (secondary N) is 2. The molecule has 0 aromatic carbocycles. The number of hydrazine groups is 2. The first-order chi connectivity index (χ1) is 9.42. The number of aromatic nitrogens is 1. The first kappa shape index (κ1) is 15.6. The Morgan fingerprint density at radius 3 is 2.60 bits per heavy atom. The molecule has 1 aliphatic heterocycles. The molecule has 1 aliphatic rings. The topological polar surface area (TPSA) is 104 Å². The Morgan fingerprint density at radius 2 is 2.00 bits per heavy atom. The molecule has 1 saturated heterocycles. The summed E-state index contributed by atoms with van der Waals surface area (Å²) in [7, 11) is -1.72. The molecule has 10 heteroatoms. The van der Waals surface area contributed by atoms with Crippen LogP contribution in [0.25, 0.3) is 0 Å². The highest BCUT2D eigenvalue weighted by molar-refractivity contribution is 9.10. The number of hydrogen-bond donors (Lipinski definition) is 3. The van der Waals surface area contributed by atoms with Gasteiger partial charge in [-0.1, -0.05) is 0 Å². The highest BCUT2D eigenvalue weighted by atomic mass is 79.9. The Morgan fingerprint density at radius 1 is 1.35 bits per heavy atom. The number of nitrogen functional groups attached to an aromatic ring is 1. The van der Waals surface area contributed by atoms with E-state index in [1.165, 1.54) is 12.3 Å². The van der Waals surface area contributed by atoms with Crippen LogP contribution in [0.15, 0.2) is 21.6 Å². The van der Waals surface area contributed by atoms with Gasteiger partial charge < -0.3 is 10.3 Å². The molecule has 1 fully saturated rings. The minimum Gasteiger partial charge on any atom is -0.307 e. The van der Waals surface area contributed by atoms with Crippen LogP contribution in [0.1, 0.15) is 0 Å². The van der Waals surface area contributed by atoms with Crippen LogP contribution in [-0.2, 0) is 10.0 Å². The Bertz CT molecular complexity index is 573. The molecule has 2 rings (SSSR count). The van der Waals surface area contributed by atoms with Gasteiger partial charge in [0, 0.05) is 36.8 Å². The number of sulfonamides is 1. The second kappa shape index (κ2) is 6.33. The molecule has 112 valence electrons. The molecule has 2 heterocycles. The second-order valence-corrected chi connectivity index (χ2v) is 7.07. The van der Waals surface area contributed by atoms with E-state index >= 15 is 0 Å². The van der Waals surface area contributed by atoms with Gasteiger partial charge >= 0.3 is 0 Å². The average Bonchev–Trinajstić information content (AvgIpc) is 2.41. The van der Waals surface area contributed by atoms with Crippen LogP contribution in [-0.4, -0.2) is 56.5 Å². The third-order valence-corrected chi connectivity index (χ3v) is 4.82. The fourth-order valence-corrected chi connectivity index (χ4v) is 3.60. The van der Waals surface area contributed by atoms with Gasteiger partial charge in [0.2, 0.25) is 0 Å². The van der Waals surface area contributed by atoms with Crippen molar-refractivity contribution in [1.82, 2.24) is 19.7 Å². The third kappa shape index (κ3) is 3.65. The molecule has 1 aromatic rings. The van der Waals surface area contributed by atoms with E-state index in [2.05, 4.69) is 36.1 Å². The maximum absolute atomic E-state index is 12.4. The molecule has 4 N–H and O–H groups in total. The molecule has 0 saturated carbocycles. The number of pyridine rings is 1. The summed E-state index contributed by atoms with van der Waals surface area (Å²) in [4.78, 5) is 8.64. The van der Waals surface area contributed by atoms with Gasteiger partial charge in [-0.05, 0) is 29.0 Å². The van der Waals surface area contributed by atoms with E-state index in [1.54, 1.807) is 5.01 Å². The van der Waals surface area contributed by atoms with Crippen molar-refractivity contribution in [3.05, 3.63) is 16.7 Å². The van der Waals surface area contributed by atoms with Gasteiger partial charge in [-0.15, -0.1) is 4.83 Å². The minimum absolute atomic E-state index is 0.00769. The Labute approximate surface area is 126 Å². The summed E-state index contributed by atoms with van der Waals surface area (Å²) in [6.07, 6.45) is 1.48. The summed E-state index contributed by atoms with van der Waals surface area (Å²) in [5, 5.41) is 1.68. The number of piperazine rings is 1. The third-order valence-electron chi connectivity index (χ3n) is 3.00. The first-order valence-corrected chi connectivity index (χ1v) is 8.28. The van der Waals surface area contributed by atoms with E-state index < -0.39 is 10.0 Å². The lowest BCUT2D eigenvalue weighted by Crippen LogP contribution is -2.52. The van der Waals surface area contributed by atoms with Crippen LogP contribution < -0.4 is 16.1 Å². The van der Waals surface area contributed by atoms with Gasteiger partial charge in [-0.25, -0.2) is 24.3 Å². The van der Waals surface area contributed by atoms with Crippen molar-refractivity contribution >= 4 is 31.8 Å². The van der Waals surface area contributed by atoms with Crippen molar-refractivity contribution in [2.75, 3.05) is 38.7 Å². The monoisotopic (exact) mass is 364 g/mol. The summed E-state index contributed by atoms with van der Waals surface area (Å²) in [5.74, 6) is 5.41. The zero-order chi connectivity index (χ0) is 14.8. The smallest absolute Gasteiger partial charge is 0.257 e. The summed E-state index contributed by atoms with van der Waals surface area (Å²) >= 11 is 3.21. The van der Waals surface area contributed by atoms with Crippen LogP contribution in [0.4, 0.5) is 5.82 Å². The minimum atomic E-state index is -3.72. The Balaban J connectivity index is 2.20. The van der Waals surface area contributed by atoms with Gasteiger partial charge in [0.1, 0.15) is 4.90 Å². The molecule has 0 bridgehead atoms. The number of nitrogens with two attached hydrogens (primary N) is 1. The molecule has 8 nitrogen and oxygen atoms in total. The van der Waals surface area contributed by atoms with Crippen molar-refractivity contribution in [3.63, 3.8) is 0 Å². The summed E-state index contributed by atoms with van der Waals surface area (Å²) in [6.45, 7) is 2.87. The number of halogens is 1. The van der Waals surface area contributed by atoms with Crippen molar-refractivity contribution in [2.45, 2.75) is 4.90 Å². The largest absolute Gasteiger partial charge is 0.307 e. The molecule has 0 unspecified atom stereocenters. The molecule has 0 aliphatic carbocycles. The standard InChI is InChI=1S/C10H17BrN6O2S/c1-16-2-4-17(5-3-16)15-20(18,19)9-6-8(11)7-13-10(9)14-12/h6-7,15H,2-5,12H2,1H3,(H,13,14). The molecule has 1 aromatic heterocycles. The van der Waals surface area contributed by atoms with Crippen LogP contribution in [0, 0.1) is 0 Å². The Kier molecular flexibility index (Phi) is 4.94. The molecule has 0 atom stereocenters. The number of rotatable bonds is 4. The predicted octanol–water partition coefficient (Wildman–Crippen LogP) is -0.430. The van der Waals surface area contributed by atoms with Crippen LogP contribution >= 0.6 is 15.9 Å². The quantitative estimate of drug-likeness (QED) is 0.491. The molecule has 20 heavy (non-hydrogen) atoms. The van der Waals surface area contributed by atoms with E-state index in [4.69, 9.17) is 5.84 Å². The average molecular weight is 365 g/mol. The highest BCUT2D eigenvalue weighted by Crippen LogP contribution is 2.22. The zero-order valence-electron chi connectivity index (χ0n) is 11.0. The normalized spacial score (nSPS) is 18.1. The van der Waals surface area contributed by atoms with Crippen LogP contribution in [0.2, 0.25) is 0 Å². The SMILES string of the molecule is CN1CCN(NS(=O)(=O)c2cc(Br)cnc2NN)CC1. The van der Waals surface area contributed by atoms with Gasteiger partial charge in [-0.2, -0.15) is 0 Å². The lowest BCUT2D eigenvalue weighted by molar-refractivity contribution is 0.135. The summed E-state index contributed by atoms with van der Waals surface area (Å²) in [6, 6.07) is 1.46. The van der Waals surface area contributed by atoms with E-state index in [-0.39, 0.29) is 10.7 Å². The maximum atomic E-state index is 12.4. The molecular formula is C10H17BrN6O2S. The molecule has 0 radical (unpaired) electrons. The van der Waals surface area contributed by atoms with Gasteiger partial charge in [-0.3, -0.25) is 0 Å². The zero-order valence-corrected chi connectivity index (χ0v) is 13.4. The van der Waals surface area contributed by atoms with Crippen LogP contribution in [0.5, 0.6) is 0 Å². The molecular weight excluding hydrogens is 348 g/mol. The van der Waals surface area contributed by atoms with Crippen molar-refractivity contribution in [1.29, 1.82) is 0 Å². The maximum Gasteiger partial charge on any atom is 0.257 e. The van der Waals surface area contributed by atoms with Gasteiger partial charge in [0.15, 0.2) is 5.82 Å². The highest BCUT2D eigenvalue weighted by Gasteiger charge is 2.24. The summed E-state index contributed by atoms with van der Waals surface area (Å²) in [5.41, 5.74) is 2.30. The van der Waals surface area contributed by atoms with E-state index in [9.17, 15) is 8.42 Å². The molecule has 0 spiro atoms. The lowest BCUT2D eigenvalue weighted by atomic mass is 10.4. The van der Waals surface area contributed by atoms with Crippen molar-refractivity contribution < 1.29 is 8.42 Å². The fraction of sp³-hybridized carbons (Fsp3) is 0.500. The van der Waals surface area contributed by atoms with Crippen molar-refractivity contribution in [2.24, 2.45) is 5.84 Å².